The first-order valence-electron chi connectivity index (χ1n) is 6.14. The Morgan fingerprint density at radius 3 is 3.24 bits per heavy atom. The van der Waals surface area contributed by atoms with E-state index >= 15 is 0 Å². The van der Waals surface area contributed by atoms with Crippen LogP contribution in [0.2, 0.25) is 0 Å². The fourth-order valence-corrected chi connectivity index (χ4v) is 2.71. The fourth-order valence-electron chi connectivity index (χ4n) is 2.40. The second kappa shape index (κ2) is 6.10. The zero-order valence-corrected chi connectivity index (χ0v) is 11.0. The Bertz CT molecular complexity index is 357. The number of rotatable bonds is 4. The van der Waals surface area contributed by atoms with Gasteiger partial charge in [-0.2, -0.15) is 0 Å². The molecule has 0 bridgehead atoms. The molecule has 0 aliphatic carbocycles. The van der Waals surface area contributed by atoms with Crippen molar-refractivity contribution in [3.05, 3.63) is 18.3 Å². The molecule has 1 aromatic heterocycles. The van der Waals surface area contributed by atoms with Crippen molar-refractivity contribution in [1.82, 2.24) is 4.98 Å². The quantitative estimate of drug-likeness (QED) is 0.773. The van der Waals surface area contributed by atoms with Gasteiger partial charge in [0.15, 0.2) is 0 Å². The molecule has 0 N–H and O–H groups in total. The van der Waals surface area contributed by atoms with Gasteiger partial charge in [0.2, 0.25) is 5.88 Å². The van der Waals surface area contributed by atoms with Gasteiger partial charge in [0.25, 0.3) is 0 Å². The number of methoxy groups -OCH3 is 1. The number of piperidine rings is 1. The summed E-state index contributed by atoms with van der Waals surface area (Å²) in [6, 6.07) is 4.05. The van der Waals surface area contributed by atoms with E-state index < -0.39 is 0 Å². The van der Waals surface area contributed by atoms with Gasteiger partial charge >= 0.3 is 0 Å². The van der Waals surface area contributed by atoms with Gasteiger partial charge in [-0.3, -0.25) is 0 Å². The van der Waals surface area contributed by atoms with Gasteiger partial charge in [0.1, 0.15) is 0 Å². The maximum absolute atomic E-state index is 5.83. The molecule has 1 fully saturated rings. The van der Waals surface area contributed by atoms with E-state index in [0.717, 1.165) is 31.3 Å². The molecular weight excluding hydrogens is 236 g/mol. The molecule has 1 aliphatic heterocycles. The molecule has 94 valence electrons. The first-order chi connectivity index (χ1) is 8.33. The van der Waals surface area contributed by atoms with Crippen molar-refractivity contribution < 1.29 is 4.74 Å². The van der Waals surface area contributed by atoms with E-state index in [1.807, 2.05) is 12.1 Å². The summed E-state index contributed by atoms with van der Waals surface area (Å²) in [6.07, 6.45) is 5.46. The largest absolute Gasteiger partial charge is 0.481 e. The molecule has 1 atom stereocenters. The number of nitrogens with zero attached hydrogens (tertiary/aromatic N) is 2. The second-order valence-corrected chi connectivity index (χ2v) is 4.87. The molecule has 1 unspecified atom stereocenters. The number of halogens is 1. The summed E-state index contributed by atoms with van der Waals surface area (Å²) >= 11 is 5.83. The molecule has 0 amide bonds. The number of hydrogen-bond donors (Lipinski definition) is 0. The molecule has 2 heterocycles. The Hall–Kier alpha value is -0.960. The maximum Gasteiger partial charge on any atom is 0.214 e. The van der Waals surface area contributed by atoms with Crippen LogP contribution in [0.25, 0.3) is 0 Å². The minimum absolute atomic E-state index is 0.682. The zero-order valence-electron chi connectivity index (χ0n) is 10.2. The lowest BCUT2D eigenvalue weighted by Gasteiger charge is -2.34. The summed E-state index contributed by atoms with van der Waals surface area (Å²) in [6.45, 7) is 2.21. The van der Waals surface area contributed by atoms with E-state index in [2.05, 4.69) is 9.88 Å². The van der Waals surface area contributed by atoms with Crippen molar-refractivity contribution in [3.8, 4) is 5.88 Å². The molecule has 1 saturated heterocycles. The topological polar surface area (TPSA) is 25.4 Å². The van der Waals surface area contributed by atoms with Crippen molar-refractivity contribution in [2.75, 3.05) is 31.0 Å². The number of anilines is 1. The molecule has 1 aliphatic rings. The van der Waals surface area contributed by atoms with E-state index in [1.165, 1.54) is 18.5 Å². The summed E-state index contributed by atoms with van der Waals surface area (Å²) < 4.78 is 5.16. The summed E-state index contributed by atoms with van der Waals surface area (Å²) in [5.74, 6) is 2.17. The summed E-state index contributed by atoms with van der Waals surface area (Å²) in [7, 11) is 1.65. The van der Waals surface area contributed by atoms with Gasteiger partial charge in [-0.05, 0) is 31.2 Å². The van der Waals surface area contributed by atoms with Crippen molar-refractivity contribution >= 4 is 17.3 Å². The third kappa shape index (κ3) is 3.25. The normalized spacial score (nSPS) is 20.4. The van der Waals surface area contributed by atoms with Crippen LogP contribution in [0.4, 0.5) is 5.69 Å². The molecular formula is C13H19ClN2O. The van der Waals surface area contributed by atoms with Crippen LogP contribution in [0.15, 0.2) is 18.3 Å². The molecule has 3 nitrogen and oxygen atoms in total. The van der Waals surface area contributed by atoms with Gasteiger partial charge in [-0.25, -0.2) is 4.98 Å². The van der Waals surface area contributed by atoms with Crippen molar-refractivity contribution in [2.45, 2.75) is 19.3 Å². The monoisotopic (exact) mass is 254 g/mol. The van der Waals surface area contributed by atoms with Crippen LogP contribution in [-0.4, -0.2) is 31.1 Å². The molecule has 4 heteroatoms. The third-order valence-electron chi connectivity index (χ3n) is 3.33. The van der Waals surface area contributed by atoms with E-state index in [9.17, 15) is 0 Å². The van der Waals surface area contributed by atoms with E-state index in [-0.39, 0.29) is 0 Å². The van der Waals surface area contributed by atoms with Crippen LogP contribution in [0.5, 0.6) is 5.88 Å². The third-order valence-corrected chi connectivity index (χ3v) is 3.55. The van der Waals surface area contributed by atoms with Crippen molar-refractivity contribution in [1.29, 1.82) is 0 Å². The molecule has 0 saturated carbocycles. The van der Waals surface area contributed by atoms with Crippen molar-refractivity contribution in [2.24, 2.45) is 5.92 Å². The van der Waals surface area contributed by atoms with Gasteiger partial charge in [-0.1, -0.05) is 0 Å². The van der Waals surface area contributed by atoms with Gasteiger partial charge in [-0.15, -0.1) is 11.6 Å². The lowest BCUT2D eigenvalue weighted by molar-refractivity contribution is 0.394. The average Bonchev–Trinajstić information content (AvgIpc) is 2.40. The number of aromatic nitrogens is 1. The highest BCUT2D eigenvalue weighted by atomic mass is 35.5. The van der Waals surface area contributed by atoms with Crippen LogP contribution in [0, 0.1) is 5.92 Å². The Labute approximate surface area is 108 Å². The van der Waals surface area contributed by atoms with Gasteiger partial charge in [0.05, 0.1) is 7.11 Å². The number of hydrogen-bond acceptors (Lipinski definition) is 3. The highest BCUT2D eigenvalue weighted by Crippen LogP contribution is 2.26. The zero-order chi connectivity index (χ0) is 12.1. The lowest BCUT2D eigenvalue weighted by Crippen LogP contribution is -2.35. The smallest absolute Gasteiger partial charge is 0.214 e. The average molecular weight is 255 g/mol. The first-order valence-corrected chi connectivity index (χ1v) is 6.68. The minimum Gasteiger partial charge on any atom is -0.481 e. The molecule has 2 rings (SSSR count). The molecule has 0 radical (unpaired) electrons. The van der Waals surface area contributed by atoms with Crippen LogP contribution >= 0.6 is 11.6 Å². The van der Waals surface area contributed by atoms with E-state index in [4.69, 9.17) is 16.3 Å². The predicted octanol–water partition coefficient (Wildman–Crippen LogP) is 2.94. The SMILES string of the molecule is COc1cc(N2CCCC(CCCl)C2)ccn1. The van der Waals surface area contributed by atoms with Crippen LogP contribution in [-0.2, 0) is 0 Å². The Balaban J connectivity index is 2.05. The molecule has 1 aromatic rings. The Morgan fingerprint density at radius 2 is 2.47 bits per heavy atom. The maximum atomic E-state index is 5.83. The highest BCUT2D eigenvalue weighted by molar-refractivity contribution is 6.17. The van der Waals surface area contributed by atoms with Gasteiger partial charge < -0.3 is 9.64 Å². The predicted molar refractivity (Wildman–Crippen MR) is 71.1 cm³/mol. The van der Waals surface area contributed by atoms with Crippen LogP contribution in [0.3, 0.4) is 0 Å². The summed E-state index contributed by atoms with van der Waals surface area (Å²) in [5.41, 5.74) is 1.20. The standard InChI is InChI=1S/C13H19ClN2O/c1-17-13-9-12(5-7-15-13)16-8-2-3-11(10-16)4-6-14/h5,7,9,11H,2-4,6,8,10H2,1H3. The molecule has 0 spiro atoms. The summed E-state index contributed by atoms with van der Waals surface area (Å²) in [4.78, 5) is 6.55. The highest BCUT2D eigenvalue weighted by Gasteiger charge is 2.19. The van der Waals surface area contributed by atoms with E-state index in [1.54, 1.807) is 13.3 Å². The van der Waals surface area contributed by atoms with Crippen LogP contribution in [0.1, 0.15) is 19.3 Å². The minimum atomic E-state index is 0.682. The van der Waals surface area contributed by atoms with Crippen molar-refractivity contribution in [3.63, 3.8) is 0 Å². The number of pyridine rings is 1. The fraction of sp³-hybridized carbons (Fsp3) is 0.615. The molecule has 0 aromatic carbocycles. The van der Waals surface area contributed by atoms with E-state index in [0.29, 0.717) is 5.88 Å². The Kier molecular flexibility index (Phi) is 4.49. The van der Waals surface area contributed by atoms with Gasteiger partial charge in [0, 0.05) is 36.9 Å². The number of alkyl halides is 1. The van der Waals surface area contributed by atoms with Crippen LogP contribution < -0.4 is 9.64 Å². The summed E-state index contributed by atoms with van der Waals surface area (Å²) in [5, 5.41) is 0. The second-order valence-electron chi connectivity index (χ2n) is 4.49. The first kappa shape index (κ1) is 12.5. The lowest BCUT2D eigenvalue weighted by atomic mass is 9.95. The molecule has 17 heavy (non-hydrogen) atoms. The Morgan fingerprint density at radius 1 is 1.59 bits per heavy atom. The number of ether oxygens (including phenoxy) is 1.